The summed E-state index contributed by atoms with van der Waals surface area (Å²) in [6, 6.07) is 0. The van der Waals surface area contributed by atoms with Crippen molar-refractivity contribution in [1.29, 1.82) is 0 Å². The Labute approximate surface area is 70.9 Å². The summed E-state index contributed by atoms with van der Waals surface area (Å²) in [6.07, 6.45) is 0.648. The minimum absolute atomic E-state index is 0.0100. The highest BCUT2D eigenvalue weighted by molar-refractivity contribution is 6.27. The lowest BCUT2D eigenvalue weighted by atomic mass is 10.1. The molecule has 1 rings (SSSR count). The van der Waals surface area contributed by atoms with E-state index in [1.807, 2.05) is 0 Å². The maximum Gasteiger partial charge on any atom is 0.237 e. The molecule has 0 aromatic carbocycles. The van der Waals surface area contributed by atoms with Crippen LogP contribution in [0, 0.1) is 0 Å². The molecule has 1 amide bonds. The van der Waals surface area contributed by atoms with E-state index in [9.17, 15) is 9.90 Å². The van der Waals surface area contributed by atoms with E-state index in [-0.39, 0.29) is 11.8 Å². The predicted octanol–water partition coefficient (Wildman–Crippen LogP) is 0.208. The van der Waals surface area contributed by atoms with Crippen molar-refractivity contribution in [1.82, 2.24) is 4.90 Å². The molecular weight excluding hydrogens is 166 g/mol. The van der Waals surface area contributed by atoms with E-state index in [4.69, 9.17) is 11.6 Å². The van der Waals surface area contributed by atoms with Crippen molar-refractivity contribution in [3.8, 4) is 0 Å². The molecule has 0 aromatic heterocycles. The van der Waals surface area contributed by atoms with Gasteiger partial charge in [0.15, 0.2) is 0 Å². The number of likely N-dealkylation sites (tertiary alicyclic amines) is 1. The molecule has 1 atom stereocenters. The van der Waals surface area contributed by atoms with E-state index >= 15 is 0 Å². The number of nitrogens with zero attached hydrogens (tertiary/aromatic N) is 1. The molecule has 1 aliphatic heterocycles. The Morgan fingerprint density at radius 3 is 2.82 bits per heavy atom. The van der Waals surface area contributed by atoms with E-state index in [0.717, 1.165) is 0 Å². The first-order valence-corrected chi connectivity index (χ1v) is 4.15. The van der Waals surface area contributed by atoms with E-state index in [0.29, 0.717) is 19.5 Å². The van der Waals surface area contributed by atoms with Gasteiger partial charge in [-0.15, -0.1) is 11.6 Å². The molecule has 3 nitrogen and oxygen atoms in total. The van der Waals surface area contributed by atoms with E-state index in [1.165, 1.54) is 0 Å². The third-order valence-electron chi connectivity index (χ3n) is 1.92. The van der Waals surface area contributed by atoms with E-state index in [2.05, 4.69) is 0 Å². The Kier molecular flexibility index (Phi) is 2.40. The van der Waals surface area contributed by atoms with Gasteiger partial charge in [-0.3, -0.25) is 4.79 Å². The van der Waals surface area contributed by atoms with Crippen LogP contribution in [0.3, 0.4) is 0 Å². The van der Waals surface area contributed by atoms with Gasteiger partial charge in [0.1, 0.15) is 5.88 Å². The Hall–Kier alpha value is -0.280. The van der Waals surface area contributed by atoms with Crippen LogP contribution in [-0.4, -0.2) is 40.5 Å². The molecule has 64 valence electrons. The van der Waals surface area contributed by atoms with Crippen LogP contribution in [0.25, 0.3) is 0 Å². The van der Waals surface area contributed by atoms with Crippen LogP contribution < -0.4 is 0 Å². The van der Waals surface area contributed by atoms with Crippen LogP contribution in [0.15, 0.2) is 0 Å². The smallest absolute Gasteiger partial charge is 0.237 e. The van der Waals surface area contributed by atoms with Gasteiger partial charge in [0.2, 0.25) is 5.91 Å². The lowest BCUT2D eigenvalue weighted by Crippen LogP contribution is -2.34. The van der Waals surface area contributed by atoms with Crippen molar-refractivity contribution in [2.24, 2.45) is 0 Å². The molecule has 0 bridgehead atoms. The summed E-state index contributed by atoms with van der Waals surface area (Å²) in [6.45, 7) is 2.77. The zero-order valence-electron chi connectivity index (χ0n) is 6.51. The number of alkyl halides is 1. The quantitative estimate of drug-likeness (QED) is 0.582. The number of β-amino-alcohol motifs (C(OH)–C–C–N with tert-alkyl or cyclic N) is 1. The summed E-state index contributed by atoms with van der Waals surface area (Å²) in [5, 5.41) is 9.47. The van der Waals surface area contributed by atoms with Crippen molar-refractivity contribution >= 4 is 17.5 Å². The van der Waals surface area contributed by atoms with Gasteiger partial charge in [0, 0.05) is 13.1 Å². The van der Waals surface area contributed by atoms with Crippen LogP contribution in [0.5, 0.6) is 0 Å². The lowest BCUT2D eigenvalue weighted by Gasteiger charge is -2.17. The first-order valence-electron chi connectivity index (χ1n) is 3.61. The summed E-state index contributed by atoms with van der Waals surface area (Å²) in [5.41, 5.74) is -0.707. The Morgan fingerprint density at radius 1 is 1.82 bits per heavy atom. The fourth-order valence-electron chi connectivity index (χ4n) is 1.24. The van der Waals surface area contributed by atoms with Gasteiger partial charge in [0.05, 0.1) is 5.60 Å². The molecule has 1 aliphatic rings. The van der Waals surface area contributed by atoms with Gasteiger partial charge in [-0.25, -0.2) is 0 Å². The molecule has 1 N–H and O–H groups in total. The van der Waals surface area contributed by atoms with Gasteiger partial charge < -0.3 is 10.0 Å². The zero-order chi connectivity index (χ0) is 8.48. The van der Waals surface area contributed by atoms with Crippen molar-refractivity contribution in [2.45, 2.75) is 18.9 Å². The summed E-state index contributed by atoms with van der Waals surface area (Å²) in [7, 11) is 0. The minimum Gasteiger partial charge on any atom is -0.388 e. The molecular formula is C7H12ClNO2. The summed E-state index contributed by atoms with van der Waals surface area (Å²) in [5.74, 6) is -0.0831. The molecule has 0 aromatic rings. The van der Waals surface area contributed by atoms with Gasteiger partial charge in [-0.05, 0) is 13.3 Å². The largest absolute Gasteiger partial charge is 0.388 e. The number of carbonyl (C=O) groups is 1. The number of hydrogen-bond donors (Lipinski definition) is 1. The average molecular weight is 178 g/mol. The van der Waals surface area contributed by atoms with Crippen molar-refractivity contribution in [3.63, 3.8) is 0 Å². The van der Waals surface area contributed by atoms with Crippen molar-refractivity contribution in [2.75, 3.05) is 19.0 Å². The topological polar surface area (TPSA) is 40.5 Å². The number of rotatable bonds is 1. The molecule has 1 heterocycles. The zero-order valence-corrected chi connectivity index (χ0v) is 7.26. The number of amides is 1. The van der Waals surface area contributed by atoms with Gasteiger partial charge in [0.25, 0.3) is 0 Å². The van der Waals surface area contributed by atoms with Crippen molar-refractivity contribution < 1.29 is 9.90 Å². The van der Waals surface area contributed by atoms with E-state index in [1.54, 1.807) is 11.8 Å². The molecule has 1 unspecified atom stereocenters. The molecule has 11 heavy (non-hydrogen) atoms. The van der Waals surface area contributed by atoms with Gasteiger partial charge in [-0.1, -0.05) is 0 Å². The van der Waals surface area contributed by atoms with Crippen LogP contribution in [-0.2, 0) is 4.79 Å². The minimum atomic E-state index is -0.707. The Bertz CT molecular complexity index is 170. The molecule has 0 spiro atoms. The van der Waals surface area contributed by atoms with Crippen LogP contribution in [0.4, 0.5) is 0 Å². The normalized spacial score (nSPS) is 31.0. The third kappa shape index (κ3) is 2.07. The Balaban J connectivity index is 2.48. The second-order valence-electron chi connectivity index (χ2n) is 3.20. The summed E-state index contributed by atoms with van der Waals surface area (Å²) < 4.78 is 0. The van der Waals surface area contributed by atoms with Crippen molar-refractivity contribution in [3.05, 3.63) is 0 Å². The first kappa shape index (κ1) is 8.81. The lowest BCUT2D eigenvalue weighted by molar-refractivity contribution is -0.128. The SMILES string of the molecule is CC1(O)CCN(C(=O)CCl)C1. The average Bonchev–Trinajstić information content (AvgIpc) is 2.29. The summed E-state index contributed by atoms with van der Waals surface area (Å²) in [4.78, 5) is 12.6. The standard InChI is InChI=1S/C7H12ClNO2/c1-7(11)2-3-9(5-7)6(10)4-8/h11H,2-5H2,1H3. The maximum absolute atomic E-state index is 11.0. The molecule has 0 radical (unpaired) electrons. The Morgan fingerprint density at radius 2 is 2.45 bits per heavy atom. The van der Waals surface area contributed by atoms with Crippen LogP contribution in [0.1, 0.15) is 13.3 Å². The second kappa shape index (κ2) is 2.99. The highest BCUT2D eigenvalue weighted by Gasteiger charge is 2.33. The van der Waals surface area contributed by atoms with Gasteiger partial charge >= 0.3 is 0 Å². The maximum atomic E-state index is 11.0. The second-order valence-corrected chi connectivity index (χ2v) is 3.46. The molecule has 1 saturated heterocycles. The number of hydrogen-bond acceptors (Lipinski definition) is 2. The monoisotopic (exact) mass is 177 g/mol. The van der Waals surface area contributed by atoms with Crippen LogP contribution in [0.2, 0.25) is 0 Å². The van der Waals surface area contributed by atoms with Crippen LogP contribution >= 0.6 is 11.6 Å². The fourth-order valence-corrected chi connectivity index (χ4v) is 1.41. The van der Waals surface area contributed by atoms with E-state index < -0.39 is 5.60 Å². The van der Waals surface area contributed by atoms with Gasteiger partial charge in [-0.2, -0.15) is 0 Å². The fraction of sp³-hybridized carbons (Fsp3) is 0.857. The number of halogens is 1. The summed E-state index contributed by atoms with van der Waals surface area (Å²) >= 11 is 5.35. The third-order valence-corrected chi connectivity index (χ3v) is 2.15. The first-order chi connectivity index (χ1) is 5.05. The molecule has 0 saturated carbocycles. The highest BCUT2D eigenvalue weighted by Crippen LogP contribution is 2.19. The molecule has 4 heteroatoms. The predicted molar refractivity (Wildman–Crippen MR) is 42.5 cm³/mol. The molecule has 0 aliphatic carbocycles. The highest BCUT2D eigenvalue weighted by atomic mass is 35.5. The number of carbonyl (C=O) groups excluding carboxylic acids is 1. The number of aliphatic hydroxyl groups is 1. The molecule has 1 fully saturated rings.